The Morgan fingerprint density at radius 2 is 1.68 bits per heavy atom. The van der Waals surface area contributed by atoms with Gasteiger partial charge in [-0.15, -0.1) is 0 Å². The van der Waals surface area contributed by atoms with E-state index in [-0.39, 0.29) is 11.6 Å². The standard InChI is InChI=1S/C29H33ClN6O5/c1-3-40-24-16-20-22(17-25(24)41-4-2)32-28(34-11-13-39-14-12-34)33-26(20)36-23-6-5-18(30)15-21(23)27(37)35(29(36)38)19-7-9-31-10-8-19/h5-6,15-17,19,31H,3-4,7-14H2,1-2H3. The molecule has 6 rings (SSSR count). The Kier molecular flexibility index (Phi) is 7.83. The maximum atomic E-state index is 14.4. The second kappa shape index (κ2) is 11.7. The highest BCUT2D eigenvalue weighted by molar-refractivity contribution is 6.31. The molecule has 4 heterocycles. The van der Waals surface area contributed by atoms with Gasteiger partial charge < -0.3 is 24.4 Å². The van der Waals surface area contributed by atoms with Crippen molar-refractivity contribution in [2.45, 2.75) is 32.7 Å². The highest BCUT2D eigenvalue weighted by atomic mass is 35.5. The number of ether oxygens (including phenoxy) is 3. The summed E-state index contributed by atoms with van der Waals surface area (Å²) < 4.78 is 20.3. The number of hydrogen-bond acceptors (Lipinski definition) is 9. The van der Waals surface area contributed by atoms with Crippen molar-refractivity contribution in [1.82, 2.24) is 24.4 Å². The lowest BCUT2D eigenvalue weighted by Gasteiger charge is -2.28. The molecule has 4 aromatic rings. The van der Waals surface area contributed by atoms with E-state index in [4.69, 9.17) is 35.8 Å². The summed E-state index contributed by atoms with van der Waals surface area (Å²) >= 11 is 6.37. The fourth-order valence-electron chi connectivity index (χ4n) is 5.61. The van der Waals surface area contributed by atoms with E-state index in [0.29, 0.717) is 102 Å². The van der Waals surface area contributed by atoms with Crippen molar-refractivity contribution in [3.8, 4) is 17.3 Å². The van der Waals surface area contributed by atoms with Gasteiger partial charge in [0.05, 0.1) is 42.8 Å². The third-order valence-electron chi connectivity index (χ3n) is 7.55. The number of fused-ring (bicyclic) bond motifs is 2. The van der Waals surface area contributed by atoms with Gasteiger partial charge in [-0.25, -0.2) is 14.3 Å². The summed E-state index contributed by atoms with van der Waals surface area (Å²) in [5, 5.41) is 4.68. The number of anilines is 1. The van der Waals surface area contributed by atoms with Gasteiger partial charge in [0.15, 0.2) is 17.3 Å². The Morgan fingerprint density at radius 1 is 0.976 bits per heavy atom. The summed E-state index contributed by atoms with van der Waals surface area (Å²) in [5.74, 6) is 1.91. The molecule has 11 nitrogen and oxygen atoms in total. The largest absolute Gasteiger partial charge is 0.490 e. The molecule has 1 N–H and O–H groups in total. The van der Waals surface area contributed by atoms with Crippen molar-refractivity contribution in [2.75, 3.05) is 57.5 Å². The van der Waals surface area contributed by atoms with Crippen molar-refractivity contribution in [2.24, 2.45) is 0 Å². The van der Waals surface area contributed by atoms with Crippen LogP contribution in [0.2, 0.25) is 5.02 Å². The van der Waals surface area contributed by atoms with Gasteiger partial charge in [0.2, 0.25) is 5.95 Å². The number of aromatic nitrogens is 4. The van der Waals surface area contributed by atoms with Crippen molar-refractivity contribution >= 4 is 39.4 Å². The summed E-state index contributed by atoms with van der Waals surface area (Å²) in [6.07, 6.45) is 1.33. The second-order valence-electron chi connectivity index (χ2n) is 10.1. The van der Waals surface area contributed by atoms with E-state index in [1.807, 2.05) is 30.9 Å². The first-order valence-electron chi connectivity index (χ1n) is 14.1. The first-order valence-corrected chi connectivity index (χ1v) is 14.5. The fourth-order valence-corrected chi connectivity index (χ4v) is 5.79. The predicted octanol–water partition coefficient (Wildman–Crippen LogP) is 3.31. The number of halogens is 1. The molecule has 41 heavy (non-hydrogen) atoms. The number of nitrogens with one attached hydrogen (secondary N) is 1. The molecule has 0 amide bonds. The molecule has 0 spiro atoms. The van der Waals surface area contributed by atoms with E-state index < -0.39 is 5.69 Å². The minimum atomic E-state index is -0.448. The summed E-state index contributed by atoms with van der Waals surface area (Å²) in [4.78, 5) is 40.1. The van der Waals surface area contributed by atoms with Crippen LogP contribution in [-0.4, -0.2) is 71.7 Å². The van der Waals surface area contributed by atoms with Gasteiger partial charge in [0.25, 0.3) is 5.56 Å². The fraction of sp³-hybridized carbons (Fsp3) is 0.448. The lowest BCUT2D eigenvalue weighted by molar-refractivity contribution is 0.122. The van der Waals surface area contributed by atoms with Crippen LogP contribution in [0, 0.1) is 0 Å². The summed E-state index contributed by atoms with van der Waals surface area (Å²) in [5.41, 5.74) is 0.221. The Bertz CT molecular complexity index is 1710. The highest BCUT2D eigenvalue weighted by Crippen LogP contribution is 2.35. The molecule has 2 aromatic heterocycles. The minimum Gasteiger partial charge on any atom is -0.490 e. The Hall–Kier alpha value is -3.67. The normalized spacial score (nSPS) is 16.4. The molecule has 216 valence electrons. The van der Waals surface area contributed by atoms with Crippen molar-refractivity contribution in [1.29, 1.82) is 0 Å². The van der Waals surface area contributed by atoms with Crippen LogP contribution in [0.25, 0.3) is 27.6 Å². The first kappa shape index (κ1) is 27.5. The number of piperidine rings is 1. The van der Waals surface area contributed by atoms with Gasteiger partial charge in [-0.1, -0.05) is 11.6 Å². The molecule has 2 saturated heterocycles. The van der Waals surface area contributed by atoms with E-state index in [1.165, 1.54) is 9.13 Å². The van der Waals surface area contributed by atoms with Crippen LogP contribution < -0.4 is 30.9 Å². The lowest BCUT2D eigenvalue weighted by atomic mass is 10.1. The third-order valence-corrected chi connectivity index (χ3v) is 7.79. The predicted molar refractivity (Wildman–Crippen MR) is 158 cm³/mol. The van der Waals surface area contributed by atoms with Crippen LogP contribution in [0.15, 0.2) is 39.9 Å². The van der Waals surface area contributed by atoms with E-state index in [2.05, 4.69) is 5.32 Å². The van der Waals surface area contributed by atoms with Crippen LogP contribution in [-0.2, 0) is 4.74 Å². The zero-order valence-electron chi connectivity index (χ0n) is 23.2. The Balaban J connectivity index is 1.71. The molecule has 2 aliphatic heterocycles. The highest BCUT2D eigenvalue weighted by Gasteiger charge is 2.26. The number of morpholine rings is 1. The molecule has 2 aliphatic rings. The quantitative estimate of drug-likeness (QED) is 0.352. The topological polar surface area (TPSA) is 113 Å². The average molecular weight is 581 g/mol. The van der Waals surface area contributed by atoms with Gasteiger partial charge in [-0.3, -0.25) is 9.36 Å². The lowest BCUT2D eigenvalue weighted by Crippen LogP contribution is -2.45. The van der Waals surface area contributed by atoms with Gasteiger partial charge in [0, 0.05) is 35.6 Å². The second-order valence-corrected chi connectivity index (χ2v) is 10.5. The number of rotatable bonds is 7. The van der Waals surface area contributed by atoms with Crippen LogP contribution in [0.1, 0.15) is 32.7 Å². The van der Waals surface area contributed by atoms with Gasteiger partial charge in [-0.05, 0) is 64.0 Å². The van der Waals surface area contributed by atoms with Gasteiger partial charge in [-0.2, -0.15) is 4.98 Å². The number of benzene rings is 2. The van der Waals surface area contributed by atoms with Crippen molar-refractivity contribution < 1.29 is 14.2 Å². The molecular formula is C29H33ClN6O5. The smallest absolute Gasteiger partial charge is 0.337 e. The van der Waals surface area contributed by atoms with E-state index in [9.17, 15) is 9.59 Å². The molecule has 0 aliphatic carbocycles. The molecule has 2 aromatic carbocycles. The SMILES string of the molecule is CCOc1cc2nc(N3CCOCC3)nc(-n3c(=O)n(C4CCNCC4)c(=O)c4cc(Cl)ccc43)c2cc1OCC. The Labute approximate surface area is 241 Å². The monoisotopic (exact) mass is 580 g/mol. The molecule has 12 heteroatoms. The molecule has 0 unspecified atom stereocenters. The van der Waals surface area contributed by atoms with Crippen LogP contribution >= 0.6 is 11.6 Å². The third kappa shape index (κ3) is 5.13. The average Bonchev–Trinajstić information content (AvgIpc) is 2.99. The van der Waals surface area contributed by atoms with E-state index >= 15 is 0 Å². The minimum absolute atomic E-state index is 0.249. The maximum absolute atomic E-state index is 14.4. The molecule has 2 fully saturated rings. The zero-order valence-corrected chi connectivity index (χ0v) is 23.9. The number of nitrogens with zero attached hydrogens (tertiary/aromatic N) is 5. The van der Waals surface area contributed by atoms with Gasteiger partial charge >= 0.3 is 5.69 Å². The Morgan fingerprint density at radius 3 is 2.39 bits per heavy atom. The number of hydrogen-bond donors (Lipinski definition) is 1. The van der Waals surface area contributed by atoms with E-state index in [0.717, 1.165) is 13.1 Å². The van der Waals surface area contributed by atoms with Crippen LogP contribution in [0.4, 0.5) is 5.95 Å². The maximum Gasteiger partial charge on any atom is 0.337 e. The summed E-state index contributed by atoms with van der Waals surface area (Å²) in [6, 6.07) is 8.40. The summed E-state index contributed by atoms with van der Waals surface area (Å²) in [7, 11) is 0. The van der Waals surface area contributed by atoms with Gasteiger partial charge in [0.1, 0.15) is 0 Å². The van der Waals surface area contributed by atoms with Crippen molar-refractivity contribution in [3.63, 3.8) is 0 Å². The zero-order chi connectivity index (χ0) is 28.5. The van der Waals surface area contributed by atoms with Crippen LogP contribution in [0.3, 0.4) is 0 Å². The first-order chi connectivity index (χ1) is 20.0. The molecule has 0 atom stereocenters. The molecular weight excluding hydrogens is 548 g/mol. The van der Waals surface area contributed by atoms with E-state index in [1.54, 1.807) is 18.2 Å². The van der Waals surface area contributed by atoms with Crippen molar-refractivity contribution in [3.05, 3.63) is 56.2 Å². The molecule has 0 saturated carbocycles. The summed E-state index contributed by atoms with van der Waals surface area (Å²) in [6.45, 7) is 8.44. The molecule has 0 radical (unpaired) electrons. The molecule has 0 bridgehead atoms. The van der Waals surface area contributed by atoms with Crippen LogP contribution in [0.5, 0.6) is 11.5 Å².